The van der Waals surface area contributed by atoms with Gasteiger partial charge in [-0.15, -0.1) is 0 Å². The van der Waals surface area contributed by atoms with Gasteiger partial charge in [-0.05, 0) is 46.1 Å². The number of aliphatic carboxylic acids is 1. The molecule has 0 amide bonds. The molecule has 29 heavy (non-hydrogen) atoms. The summed E-state index contributed by atoms with van der Waals surface area (Å²) in [6.45, 7) is 10.4. The van der Waals surface area contributed by atoms with Crippen LogP contribution >= 0.6 is 0 Å². The van der Waals surface area contributed by atoms with Crippen LogP contribution in [0.5, 0.6) is 0 Å². The first-order valence-corrected chi connectivity index (χ1v) is 10.7. The molecule has 0 radical (unpaired) electrons. The van der Waals surface area contributed by atoms with Gasteiger partial charge in [-0.3, -0.25) is 14.4 Å². The number of carbonyl (C=O) groups is 3. The van der Waals surface area contributed by atoms with E-state index in [9.17, 15) is 19.5 Å². The number of hydrogen-bond donors (Lipinski definition) is 4. The van der Waals surface area contributed by atoms with Crippen LogP contribution in [0.2, 0.25) is 0 Å². The average molecular weight is 416 g/mol. The second-order valence-electron chi connectivity index (χ2n) is 8.34. The first-order valence-electron chi connectivity index (χ1n) is 10.7. The molecule has 0 spiro atoms. The summed E-state index contributed by atoms with van der Waals surface area (Å²) in [5.74, 6) is -1.32. The Hall–Kier alpha value is -1.51. The molecule has 0 aliphatic rings. The lowest BCUT2D eigenvalue weighted by molar-refractivity contribution is -0.144. The summed E-state index contributed by atoms with van der Waals surface area (Å²) in [4.78, 5) is 35.5. The van der Waals surface area contributed by atoms with E-state index in [-0.39, 0.29) is 30.6 Å². The zero-order valence-corrected chi connectivity index (χ0v) is 18.8. The van der Waals surface area contributed by atoms with Gasteiger partial charge in [-0.2, -0.15) is 0 Å². The monoisotopic (exact) mass is 415 g/mol. The van der Waals surface area contributed by atoms with Crippen molar-refractivity contribution in [3.05, 3.63) is 0 Å². The molecule has 0 saturated carbocycles. The van der Waals surface area contributed by atoms with E-state index in [2.05, 4.69) is 10.6 Å². The number of nitrogens with two attached hydrogens (primary N) is 1. The summed E-state index contributed by atoms with van der Waals surface area (Å²) < 4.78 is 5.08. The van der Waals surface area contributed by atoms with E-state index >= 15 is 0 Å². The molecular weight excluding hydrogens is 374 g/mol. The number of carboxylic acid groups (broad SMARTS) is 1. The van der Waals surface area contributed by atoms with Crippen LogP contribution in [0.4, 0.5) is 0 Å². The highest BCUT2D eigenvalue weighted by Gasteiger charge is 2.31. The number of unbranched alkanes of at least 4 members (excludes halogenated alkanes) is 2. The Labute approximate surface area is 175 Å². The first-order chi connectivity index (χ1) is 13.5. The van der Waals surface area contributed by atoms with Gasteiger partial charge in [0, 0.05) is 12.5 Å². The lowest BCUT2D eigenvalue weighted by Gasteiger charge is -2.28. The second kappa shape index (κ2) is 14.5. The molecule has 2 unspecified atom stereocenters. The minimum absolute atomic E-state index is 0.108. The Bertz CT molecular complexity index is 509. The fraction of sp³-hybridized carbons (Fsp3) is 0.857. The maximum absolute atomic E-state index is 12.6. The Morgan fingerprint density at radius 2 is 1.76 bits per heavy atom. The number of rotatable bonds is 17. The molecule has 0 fully saturated rings. The van der Waals surface area contributed by atoms with Crippen molar-refractivity contribution in [3.8, 4) is 0 Å². The first kappa shape index (κ1) is 27.5. The van der Waals surface area contributed by atoms with Gasteiger partial charge in [0.25, 0.3) is 0 Å². The molecule has 0 rings (SSSR count). The van der Waals surface area contributed by atoms with Crippen LogP contribution in [0.25, 0.3) is 0 Å². The molecule has 0 bridgehead atoms. The molecule has 0 aliphatic carbocycles. The number of carbonyl (C=O) groups excluding carboxylic acids is 2. The predicted molar refractivity (Wildman–Crippen MR) is 114 cm³/mol. The Balaban J connectivity index is 4.22. The summed E-state index contributed by atoms with van der Waals surface area (Å²) >= 11 is 0. The molecule has 0 heterocycles. The lowest BCUT2D eigenvalue weighted by Crippen LogP contribution is -2.54. The van der Waals surface area contributed by atoms with Gasteiger partial charge in [0.15, 0.2) is 5.78 Å². The maximum atomic E-state index is 12.6. The van der Waals surface area contributed by atoms with Crippen LogP contribution in [-0.2, 0) is 19.1 Å². The normalized spacial score (nSPS) is 13.9. The van der Waals surface area contributed by atoms with E-state index < -0.39 is 23.6 Å². The molecule has 0 saturated heterocycles. The minimum atomic E-state index is -0.846. The number of ether oxygens (including phenoxy) is 1. The lowest BCUT2D eigenvalue weighted by atomic mass is 9.91. The van der Waals surface area contributed by atoms with Gasteiger partial charge in [0.05, 0.1) is 18.2 Å². The van der Waals surface area contributed by atoms with Gasteiger partial charge in [-0.25, -0.2) is 0 Å². The molecule has 8 nitrogen and oxygen atoms in total. The molecule has 2 atom stereocenters. The average Bonchev–Trinajstić information content (AvgIpc) is 2.63. The zero-order valence-electron chi connectivity index (χ0n) is 18.8. The van der Waals surface area contributed by atoms with Crippen molar-refractivity contribution in [1.82, 2.24) is 10.6 Å². The van der Waals surface area contributed by atoms with Crippen molar-refractivity contribution >= 4 is 17.7 Å². The van der Waals surface area contributed by atoms with Crippen LogP contribution in [0, 0.1) is 0 Å². The smallest absolute Gasteiger partial charge is 0.320 e. The summed E-state index contributed by atoms with van der Waals surface area (Å²) in [6, 6.07) is -1.19. The third-order valence-electron chi connectivity index (χ3n) is 4.69. The van der Waals surface area contributed by atoms with Crippen LogP contribution < -0.4 is 16.4 Å². The van der Waals surface area contributed by atoms with Gasteiger partial charge in [0.2, 0.25) is 0 Å². The number of nitrogens with one attached hydrogen (secondary N) is 2. The summed E-state index contributed by atoms with van der Waals surface area (Å²) in [7, 11) is 0. The number of Topliss-reactive ketones (excluding diaryl/α,β-unsaturated/α-hetero) is 1. The van der Waals surface area contributed by atoms with Gasteiger partial charge in [0.1, 0.15) is 6.04 Å². The van der Waals surface area contributed by atoms with Crippen molar-refractivity contribution in [1.29, 1.82) is 0 Å². The summed E-state index contributed by atoms with van der Waals surface area (Å²) in [5.41, 5.74) is 5.17. The SMILES string of the molecule is CCCCOC(=O)CCC(N)C(=O)C(C)(C)NCCCCC(NC(C)C)C(=O)O. The largest absolute Gasteiger partial charge is 0.480 e. The van der Waals surface area contributed by atoms with Crippen LogP contribution in [0.15, 0.2) is 0 Å². The fourth-order valence-electron chi connectivity index (χ4n) is 2.91. The van der Waals surface area contributed by atoms with Crippen molar-refractivity contribution in [2.24, 2.45) is 5.73 Å². The Morgan fingerprint density at radius 1 is 1.10 bits per heavy atom. The highest BCUT2D eigenvalue weighted by Crippen LogP contribution is 2.11. The third-order valence-corrected chi connectivity index (χ3v) is 4.69. The summed E-state index contributed by atoms with van der Waals surface area (Å²) in [6.07, 6.45) is 4.18. The Morgan fingerprint density at radius 3 is 2.31 bits per heavy atom. The van der Waals surface area contributed by atoms with Crippen LogP contribution in [0.3, 0.4) is 0 Å². The highest BCUT2D eigenvalue weighted by atomic mass is 16.5. The number of hydrogen-bond acceptors (Lipinski definition) is 7. The van der Waals surface area contributed by atoms with Crippen molar-refractivity contribution in [3.63, 3.8) is 0 Å². The van der Waals surface area contributed by atoms with E-state index in [1.165, 1.54) is 0 Å². The Kier molecular flexibility index (Phi) is 13.7. The van der Waals surface area contributed by atoms with E-state index in [4.69, 9.17) is 10.5 Å². The van der Waals surface area contributed by atoms with Gasteiger partial charge in [-0.1, -0.05) is 33.6 Å². The molecule has 0 aliphatic heterocycles. The molecule has 0 aromatic heterocycles. The van der Waals surface area contributed by atoms with E-state index in [1.54, 1.807) is 13.8 Å². The topological polar surface area (TPSA) is 131 Å². The zero-order chi connectivity index (χ0) is 22.4. The second-order valence-corrected chi connectivity index (χ2v) is 8.34. The minimum Gasteiger partial charge on any atom is -0.480 e. The molecule has 0 aromatic carbocycles. The van der Waals surface area contributed by atoms with Crippen LogP contribution in [-0.4, -0.2) is 59.6 Å². The van der Waals surface area contributed by atoms with Crippen LogP contribution in [0.1, 0.15) is 79.6 Å². The highest BCUT2D eigenvalue weighted by molar-refractivity contribution is 5.92. The number of carboxylic acids is 1. The maximum Gasteiger partial charge on any atom is 0.320 e. The standard InChI is InChI=1S/C21H41N3O5/c1-6-7-14-29-18(25)12-11-16(22)19(26)21(4,5)23-13-9-8-10-17(20(27)28)24-15(2)3/h15-17,23-24H,6-14,22H2,1-5H3,(H,27,28). The van der Waals surface area contributed by atoms with Crippen molar-refractivity contribution in [2.75, 3.05) is 13.2 Å². The van der Waals surface area contributed by atoms with E-state index in [0.717, 1.165) is 25.7 Å². The van der Waals surface area contributed by atoms with Gasteiger partial charge >= 0.3 is 11.9 Å². The van der Waals surface area contributed by atoms with E-state index in [0.29, 0.717) is 19.6 Å². The third kappa shape index (κ3) is 12.6. The van der Waals surface area contributed by atoms with E-state index in [1.807, 2.05) is 20.8 Å². The molecule has 5 N–H and O–H groups in total. The van der Waals surface area contributed by atoms with Crippen molar-refractivity contribution in [2.45, 2.75) is 103 Å². The quantitative estimate of drug-likeness (QED) is 0.210. The number of ketones is 1. The fourth-order valence-corrected chi connectivity index (χ4v) is 2.91. The summed E-state index contributed by atoms with van der Waals surface area (Å²) in [5, 5.41) is 15.5. The molecular formula is C21H41N3O5. The molecule has 8 heteroatoms. The molecule has 0 aromatic rings. The van der Waals surface area contributed by atoms with Gasteiger partial charge < -0.3 is 26.2 Å². The van der Waals surface area contributed by atoms with Crippen molar-refractivity contribution < 1.29 is 24.2 Å². The predicted octanol–water partition coefficient (Wildman–Crippen LogP) is 2.00. The molecule has 170 valence electrons. The number of esters is 1.